The Morgan fingerprint density at radius 1 is 1.45 bits per heavy atom. The molecule has 0 radical (unpaired) electrons. The van der Waals surface area contributed by atoms with Gasteiger partial charge in [-0.3, -0.25) is 4.79 Å². The highest BCUT2D eigenvalue weighted by atomic mass is 32.1. The SMILES string of the molecule is CCc1cc(=O)n2nc(N(C)CCC(F)(F)F)sc2n1. The van der Waals surface area contributed by atoms with E-state index >= 15 is 0 Å². The van der Waals surface area contributed by atoms with Crippen LogP contribution in [0.25, 0.3) is 4.96 Å². The van der Waals surface area contributed by atoms with Crippen molar-refractivity contribution in [2.24, 2.45) is 0 Å². The van der Waals surface area contributed by atoms with E-state index in [-0.39, 0.29) is 12.1 Å². The number of halogens is 3. The second kappa shape index (κ2) is 5.39. The Labute approximate surface area is 116 Å². The molecule has 0 amide bonds. The summed E-state index contributed by atoms with van der Waals surface area (Å²) in [6.45, 7) is 1.66. The van der Waals surface area contributed by atoms with E-state index in [0.29, 0.717) is 22.2 Å². The molecule has 0 aliphatic carbocycles. The monoisotopic (exact) mass is 306 g/mol. The summed E-state index contributed by atoms with van der Waals surface area (Å²) in [4.78, 5) is 17.8. The first-order chi connectivity index (χ1) is 9.30. The van der Waals surface area contributed by atoms with Crippen LogP contribution in [0.4, 0.5) is 18.3 Å². The zero-order chi connectivity index (χ0) is 14.9. The summed E-state index contributed by atoms with van der Waals surface area (Å²) in [5, 5.41) is 4.35. The van der Waals surface area contributed by atoms with Crippen molar-refractivity contribution < 1.29 is 13.2 Å². The van der Waals surface area contributed by atoms with Crippen LogP contribution in [0.3, 0.4) is 0 Å². The number of aryl methyl sites for hydroxylation is 1. The van der Waals surface area contributed by atoms with Gasteiger partial charge < -0.3 is 4.90 Å². The Kier molecular flexibility index (Phi) is 3.98. The lowest BCUT2D eigenvalue weighted by Gasteiger charge is -2.15. The summed E-state index contributed by atoms with van der Waals surface area (Å²) in [7, 11) is 1.51. The summed E-state index contributed by atoms with van der Waals surface area (Å²) in [5.41, 5.74) is 0.321. The number of hydrogen-bond donors (Lipinski definition) is 0. The van der Waals surface area contributed by atoms with Gasteiger partial charge in [-0.2, -0.15) is 17.7 Å². The molecule has 0 aliphatic rings. The van der Waals surface area contributed by atoms with E-state index < -0.39 is 12.6 Å². The van der Waals surface area contributed by atoms with Gasteiger partial charge in [-0.15, -0.1) is 5.10 Å². The van der Waals surface area contributed by atoms with Crippen LogP contribution in [0.1, 0.15) is 19.0 Å². The number of aromatic nitrogens is 3. The first-order valence-corrected chi connectivity index (χ1v) is 6.79. The van der Waals surface area contributed by atoms with Gasteiger partial charge in [-0.25, -0.2) is 4.98 Å². The van der Waals surface area contributed by atoms with Crippen LogP contribution < -0.4 is 10.5 Å². The van der Waals surface area contributed by atoms with Crippen LogP contribution in [0, 0.1) is 0 Å². The van der Waals surface area contributed by atoms with Crippen molar-refractivity contribution in [2.75, 3.05) is 18.5 Å². The van der Waals surface area contributed by atoms with Gasteiger partial charge in [0.25, 0.3) is 5.56 Å². The maximum absolute atomic E-state index is 12.2. The number of nitrogens with zero attached hydrogens (tertiary/aromatic N) is 4. The van der Waals surface area contributed by atoms with Gasteiger partial charge in [-0.1, -0.05) is 18.3 Å². The van der Waals surface area contributed by atoms with Crippen LogP contribution >= 0.6 is 11.3 Å². The molecule has 0 N–H and O–H groups in total. The smallest absolute Gasteiger partial charge is 0.349 e. The standard InChI is InChI=1S/C11H13F3N4OS/c1-3-7-6-8(19)18-9(15-7)20-10(16-18)17(2)5-4-11(12,13)14/h6H,3-5H2,1-2H3. The van der Waals surface area contributed by atoms with E-state index in [1.54, 1.807) is 0 Å². The Balaban J connectivity index is 2.27. The minimum Gasteiger partial charge on any atom is -0.349 e. The first-order valence-electron chi connectivity index (χ1n) is 5.98. The first kappa shape index (κ1) is 14.8. The molecule has 0 aromatic carbocycles. The molecule has 2 heterocycles. The Hall–Kier alpha value is -1.64. The second-order valence-electron chi connectivity index (χ2n) is 4.31. The maximum Gasteiger partial charge on any atom is 0.390 e. The summed E-state index contributed by atoms with van der Waals surface area (Å²) < 4.78 is 37.7. The Morgan fingerprint density at radius 2 is 2.15 bits per heavy atom. The van der Waals surface area contributed by atoms with Crippen molar-refractivity contribution in [3.05, 3.63) is 22.1 Å². The maximum atomic E-state index is 12.2. The largest absolute Gasteiger partial charge is 0.390 e. The third kappa shape index (κ3) is 3.27. The lowest BCUT2D eigenvalue weighted by atomic mass is 10.3. The molecular weight excluding hydrogens is 293 g/mol. The van der Waals surface area contributed by atoms with E-state index in [2.05, 4.69) is 10.1 Å². The summed E-state index contributed by atoms with van der Waals surface area (Å²) >= 11 is 1.10. The molecule has 0 bridgehead atoms. The summed E-state index contributed by atoms with van der Waals surface area (Å²) in [6.07, 6.45) is -4.53. The average Bonchev–Trinajstić information content (AvgIpc) is 2.79. The van der Waals surface area contributed by atoms with Gasteiger partial charge in [0.1, 0.15) is 0 Å². The average molecular weight is 306 g/mol. The van der Waals surface area contributed by atoms with Gasteiger partial charge in [0, 0.05) is 25.4 Å². The number of hydrogen-bond acceptors (Lipinski definition) is 5. The van der Waals surface area contributed by atoms with E-state index in [1.165, 1.54) is 18.0 Å². The molecule has 2 rings (SSSR count). The van der Waals surface area contributed by atoms with Gasteiger partial charge in [0.05, 0.1) is 6.42 Å². The minimum atomic E-state index is -4.21. The number of alkyl halides is 3. The van der Waals surface area contributed by atoms with Crippen molar-refractivity contribution in [1.29, 1.82) is 0 Å². The number of rotatable bonds is 4. The predicted octanol–water partition coefficient (Wildman–Crippen LogP) is 2.10. The van der Waals surface area contributed by atoms with Crippen LogP contribution in [-0.4, -0.2) is 34.4 Å². The fraction of sp³-hybridized carbons (Fsp3) is 0.545. The zero-order valence-corrected chi connectivity index (χ0v) is 11.8. The molecule has 0 atom stereocenters. The molecule has 9 heteroatoms. The molecule has 0 unspecified atom stereocenters. The third-order valence-electron chi connectivity index (χ3n) is 2.71. The molecule has 2 aromatic heterocycles. The highest BCUT2D eigenvalue weighted by molar-refractivity contribution is 7.20. The molecule has 0 spiro atoms. The van der Waals surface area contributed by atoms with Gasteiger partial charge in [0.15, 0.2) is 0 Å². The van der Waals surface area contributed by atoms with Crippen LogP contribution in [0.2, 0.25) is 0 Å². The fourth-order valence-corrected chi connectivity index (χ4v) is 2.48. The molecule has 5 nitrogen and oxygen atoms in total. The van der Waals surface area contributed by atoms with E-state index in [4.69, 9.17) is 0 Å². The Morgan fingerprint density at radius 3 is 2.75 bits per heavy atom. The topological polar surface area (TPSA) is 50.5 Å². The quantitative estimate of drug-likeness (QED) is 0.868. The van der Waals surface area contributed by atoms with E-state index in [9.17, 15) is 18.0 Å². The van der Waals surface area contributed by atoms with Crippen molar-refractivity contribution in [1.82, 2.24) is 14.6 Å². The van der Waals surface area contributed by atoms with Crippen LogP contribution in [0.15, 0.2) is 10.9 Å². The van der Waals surface area contributed by atoms with Crippen molar-refractivity contribution in [3.8, 4) is 0 Å². The molecular formula is C11H13F3N4OS. The molecule has 0 saturated heterocycles. The van der Waals surface area contributed by atoms with Gasteiger partial charge in [-0.05, 0) is 6.42 Å². The lowest BCUT2D eigenvalue weighted by molar-refractivity contribution is -0.132. The fourth-order valence-electron chi connectivity index (χ4n) is 1.57. The molecule has 110 valence electrons. The third-order valence-corrected chi connectivity index (χ3v) is 3.73. The minimum absolute atomic E-state index is 0.210. The van der Waals surface area contributed by atoms with E-state index in [1.807, 2.05) is 6.92 Å². The molecule has 0 saturated carbocycles. The second-order valence-corrected chi connectivity index (χ2v) is 5.24. The van der Waals surface area contributed by atoms with Crippen molar-refractivity contribution in [2.45, 2.75) is 25.9 Å². The highest BCUT2D eigenvalue weighted by Gasteiger charge is 2.27. The van der Waals surface area contributed by atoms with Crippen LogP contribution in [-0.2, 0) is 6.42 Å². The van der Waals surface area contributed by atoms with Gasteiger partial charge >= 0.3 is 6.18 Å². The molecule has 2 aromatic rings. The van der Waals surface area contributed by atoms with Crippen molar-refractivity contribution in [3.63, 3.8) is 0 Å². The van der Waals surface area contributed by atoms with E-state index in [0.717, 1.165) is 15.9 Å². The normalized spacial score (nSPS) is 12.1. The molecule has 0 fully saturated rings. The van der Waals surface area contributed by atoms with Crippen molar-refractivity contribution >= 4 is 21.4 Å². The lowest BCUT2D eigenvalue weighted by Crippen LogP contribution is -2.24. The molecule has 20 heavy (non-hydrogen) atoms. The van der Waals surface area contributed by atoms with Crippen LogP contribution in [0.5, 0.6) is 0 Å². The highest BCUT2D eigenvalue weighted by Crippen LogP contribution is 2.24. The number of fused-ring (bicyclic) bond motifs is 1. The summed E-state index contributed by atoms with van der Waals surface area (Å²) in [5.74, 6) is 0. The Bertz CT molecular complexity index is 664. The summed E-state index contributed by atoms with van der Waals surface area (Å²) in [6, 6.07) is 1.38. The zero-order valence-electron chi connectivity index (χ0n) is 10.9. The molecule has 0 aliphatic heterocycles. The predicted molar refractivity (Wildman–Crippen MR) is 70.5 cm³/mol. The number of anilines is 1. The van der Waals surface area contributed by atoms with Gasteiger partial charge in [0.2, 0.25) is 10.1 Å².